The Morgan fingerprint density at radius 1 is 1.25 bits per heavy atom. The van der Waals surface area contributed by atoms with Crippen LogP contribution in [0, 0.1) is 0 Å². The highest BCUT2D eigenvalue weighted by Crippen LogP contribution is 2.01. The van der Waals surface area contributed by atoms with Crippen LogP contribution in [0.25, 0.3) is 0 Å². The zero-order valence-electron chi connectivity index (χ0n) is 10.0. The van der Waals surface area contributed by atoms with Crippen LogP contribution in [-0.2, 0) is 19.1 Å². The second-order valence-electron chi connectivity index (χ2n) is 3.48. The quantitative estimate of drug-likeness (QED) is 0.302. The molecule has 0 aromatic heterocycles. The van der Waals surface area contributed by atoms with Crippen molar-refractivity contribution in [3.05, 3.63) is 24.0 Å². The third-order valence-electron chi connectivity index (χ3n) is 1.74. The van der Waals surface area contributed by atoms with E-state index in [0.29, 0.717) is 6.61 Å². The van der Waals surface area contributed by atoms with Crippen LogP contribution in [0.3, 0.4) is 0 Å². The van der Waals surface area contributed by atoms with Crippen molar-refractivity contribution in [1.29, 1.82) is 0 Å². The summed E-state index contributed by atoms with van der Waals surface area (Å²) >= 11 is 0. The van der Waals surface area contributed by atoms with Gasteiger partial charge in [0.05, 0.1) is 12.2 Å². The summed E-state index contributed by atoms with van der Waals surface area (Å²) < 4.78 is 9.61. The van der Waals surface area contributed by atoms with Crippen LogP contribution in [0.15, 0.2) is 24.0 Å². The predicted octanol–water partition coefficient (Wildman–Crippen LogP) is 2.35. The number of carbonyl (C=O) groups is 2. The Hall–Kier alpha value is -1.58. The molecule has 0 unspecified atom stereocenters. The highest BCUT2D eigenvalue weighted by molar-refractivity contribution is 5.90. The Bertz CT molecular complexity index is 302. The molecule has 0 atom stereocenters. The van der Waals surface area contributed by atoms with Gasteiger partial charge in [0.2, 0.25) is 0 Å². The average molecular weight is 226 g/mol. The topological polar surface area (TPSA) is 52.6 Å². The first-order chi connectivity index (χ1) is 7.49. The van der Waals surface area contributed by atoms with Gasteiger partial charge in [0, 0.05) is 5.57 Å². The summed E-state index contributed by atoms with van der Waals surface area (Å²) in [6.07, 6.45) is 2.87. The highest BCUT2D eigenvalue weighted by atomic mass is 16.5. The average Bonchev–Trinajstić information content (AvgIpc) is 2.25. The minimum absolute atomic E-state index is 0.255. The van der Waals surface area contributed by atoms with Crippen molar-refractivity contribution < 1.29 is 19.1 Å². The van der Waals surface area contributed by atoms with Crippen molar-refractivity contribution >= 4 is 11.9 Å². The van der Waals surface area contributed by atoms with Gasteiger partial charge in [0.25, 0.3) is 0 Å². The minimum Gasteiger partial charge on any atom is -0.462 e. The standard InChI is InChI=1S/C12H18O4/c1-5-6-7-15-12(14)10(4)8-16-11(13)9(2)3/h8H,2,5-7H2,1,3-4H3. The summed E-state index contributed by atoms with van der Waals surface area (Å²) in [6.45, 7) is 8.87. The van der Waals surface area contributed by atoms with E-state index in [4.69, 9.17) is 9.47 Å². The Morgan fingerprint density at radius 3 is 2.38 bits per heavy atom. The zero-order valence-corrected chi connectivity index (χ0v) is 10.0. The largest absolute Gasteiger partial charge is 0.462 e. The molecule has 90 valence electrons. The van der Waals surface area contributed by atoms with Crippen molar-refractivity contribution in [3.63, 3.8) is 0 Å². The summed E-state index contributed by atoms with van der Waals surface area (Å²) in [5.74, 6) is -1.02. The molecule has 4 nitrogen and oxygen atoms in total. The SMILES string of the molecule is C=C(C)C(=O)OC=C(C)C(=O)OCCCC. The molecule has 4 heteroatoms. The predicted molar refractivity (Wildman–Crippen MR) is 60.5 cm³/mol. The molecule has 0 amide bonds. The lowest BCUT2D eigenvalue weighted by atomic mass is 10.3. The lowest BCUT2D eigenvalue weighted by Crippen LogP contribution is -2.08. The van der Waals surface area contributed by atoms with Gasteiger partial charge in [-0.2, -0.15) is 0 Å². The van der Waals surface area contributed by atoms with Gasteiger partial charge in [-0.1, -0.05) is 19.9 Å². The van der Waals surface area contributed by atoms with E-state index in [1.807, 2.05) is 6.92 Å². The Labute approximate surface area is 95.9 Å². The molecule has 0 aliphatic carbocycles. The summed E-state index contributed by atoms with van der Waals surface area (Å²) in [5, 5.41) is 0. The maximum atomic E-state index is 11.3. The van der Waals surface area contributed by atoms with E-state index < -0.39 is 11.9 Å². The molecule has 0 saturated carbocycles. The maximum absolute atomic E-state index is 11.3. The van der Waals surface area contributed by atoms with Crippen molar-refractivity contribution in [3.8, 4) is 0 Å². The molecule has 16 heavy (non-hydrogen) atoms. The zero-order chi connectivity index (χ0) is 12.6. The number of esters is 2. The van der Waals surface area contributed by atoms with E-state index in [0.717, 1.165) is 19.1 Å². The van der Waals surface area contributed by atoms with Gasteiger partial charge in [-0.25, -0.2) is 9.59 Å². The van der Waals surface area contributed by atoms with Crippen LogP contribution in [0.2, 0.25) is 0 Å². The van der Waals surface area contributed by atoms with E-state index in [1.54, 1.807) is 0 Å². The van der Waals surface area contributed by atoms with Crippen LogP contribution in [0.1, 0.15) is 33.6 Å². The fourth-order valence-corrected chi connectivity index (χ4v) is 0.714. The molecule has 0 fully saturated rings. The number of carbonyl (C=O) groups excluding carboxylic acids is 2. The Balaban J connectivity index is 4.06. The van der Waals surface area contributed by atoms with Gasteiger partial charge in [-0.3, -0.25) is 0 Å². The Morgan fingerprint density at radius 2 is 1.88 bits per heavy atom. The molecule has 0 rings (SSSR count). The van der Waals surface area contributed by atoms with Gasteiger partial charge >= 0.3 is 11.9 Å². The van der Waals surface area contributed by atoms with Crippen LogP contribution in [0.5, 0.6) is 0 Å². The maximum Gasteiger partial charge on any atom is 0.337 e. The molecule has 0 heterocycles. The second kappa shape index (κ2) is 7.68. The summed E-state index contributed by atoms with van der Waals surface area (Å²) in [5.41, 5.74) is 0.536. The summed E-state index contributed by atoms with van der Waals surface area (Å²) in [4.78, 5) is 22.3. The monoisotopic (exact) mass is 226 g/mol. The van der Waals surface area contributed by atoms with E-state index in [2.05, 4.69) is 6.58 Å². The number of unbranched alkanes of at least 4 members (excludes halogenated alkanes) is 1. The van der Waals surface area contributed by atoms with Gasteiger partial charge in [0.15, 0.2) is 0 Å². The molecule has 0 radical (unpaired) electrons. The molecule has 0 aromatic rings. The smallest absolute Gasteiger partial charge is 0.337 e. The first-order valence-corrected chi connectivity index (χ1v) is 5.19. The first-order valence-electron chi connectivity index (χ1n) is 5.19. The normalized spacial score (nSPS) is 10.8. The van der Waals surface area contributed by atoms with E-state index in [9.17, 15) is 9.59 Å². The molecular formula is C12H18O4. The number of rotatable bonds is 6. The summed E-state index contributed by atoms with van der Waals surface area (Å²) in [6, 6.07) is 0. The van der Waals surface area contributed by atoms with Crippen molar-refractivity contribution in [2.45, 2.75) is 33.6 Å². The molecule has 0 N–H and O–H groups in total. The Kier molecular flexibility index (Phi) is 6.92. The molecular weight excluding hydrogens is 208 g/mol. The van der Waals surface area contributed by atoms with Gasteiger partial charge in [0.1, 0.15) is 6.26 Å². The number of hydrogen-bond acceptors (Lipinski definition) is 4. The molecule has 0 saturated heterocycles. The van der Waals surface area contributed by atoms with Crippen LogP contribution < -0.4 is 0 Å². The molecule has 0 aromatic carbocycles. The first kappa shape index (κ1) is 14.4. The number of hydrogen-bond donors (Lipinski definition) is 0. The lowest BCUT2D eigenvalue weighted by Gasteiger charge is -2.04. The highest BCUT2D eigenvalue weighted by Gasteiger charge is 2.07. The lowest BCUT2D eigenvalue weighted by molar-refractivity contribution is -0.139. The fraction of sp³-hybridized carbons (Fsp3) is 0.500. The van der Waals surface area contributed by atoms with E-state index in [1.165, 1.54) is 13.8 Å². The van der Waals surface area contributed by atoms with E-state index >= 15 is 0 Å². The number of ether oxygens (including phenoxy) is 2. The molecule has 0 aliphatic heterocycles. The second-order valence-corrected chi connectivity index (χ2v) is 3.48. The van der Waals surface area contributed by atoms with Crippen molar-refractivity contribution in [2.75, 3.05) is 6.61 Å². The van der Waals surface area contributed by atoms with Crippen LogP contribution in [-0.4, -0.2) is 18.5 Å². The van der Waals surface area contributed by atoms with Crippen molar-refractivity contribution in [1.82, 2.24) is 0 Å². The van der Waals surface area contributed by atoms with Crippen LogP contribution >= 0.6 is 0 Å². The van der Waals surface area contributed by atoms with Crippen LogP contribution in [0.4, 0.5) is 0 Å². The van der Waals surface area contributed by atoms with Gasteiger partial charge in [-0.05, 0) is 20.3 Å². The van der Waals surface area contributed by atoms with E-state index in [-0.39, 0.29) is 11.1 Å². The molecule has 0 bridgehead atoms. The van der Waals surface area contributed by atoms with Gasteiger partial charge in [-0.15, -0.1) is 0 Å². The third-order valence-corrected chi connectivity index (χ3v) is 1.74. The summed E-state index contributed by atoms with van der Waals surface area (Å²) in [7, 11) is 0. The third kappa shape index (κ3) is 6.01. The fourth-order valence-electron chi connectivity index (χ4n) is 0.714. The molecule has 0 aliphatic rings. The van der Waals surface area contributed by atoms with Gasteiger partial charge < -0.3 is 9.47 Å². The van der Waals surface area contributed by atoms with Crippen molar-refractivity contribution in [2.24, 2.45) is 0 Å². The minimum atomic E-state index is -0.555. The molecule has 0 spiro atoms.